The van der Waals surface area contributed by atoms with Crippen molar-refractivity contribution in [3.05, 3.63) is 89.0 Å². The van der Waals surface area contributed by atoms with Gasteiger partial charge in [-0.15, -0.1) is 0 Å². The molecule has 0 bridgehead atoms. The largest absolute Gasteiger partial charge is 0.504 e. The van der Waals surface area contributed by atoms with E-state index in [1.807, 2.05) is 26.0 Å². The molecule has 4 nitrogen and oxygen atoms in total. The maximum absolute atomic E-state index is 13.5. The zero-order valence-corrected chi connectivity index (χ0v) is 16.3. The van der Waals surface area contributed by atoms with E-state index in [2.05, 4.69) is 0 Å². The van der Waals surface area contributed by atoms with Crippen LogP contribution in [0.3, 0.4) is 0 Å². The monoisotopic (exact) mass is 382 g/mol. The van der Waals surface area contributed by atoms with Crippen molar-refractivity contribution < 1.29 is 18.3 Å². The summed E-state index contributed by atoms with van der Waals surface area (Å²) in [4.78, 5) is 0.209. The Hall–Kier alpha value is -2.79. The van der Waals surface area contributed by atoms with Gasteiger partial charge >= 0.3 is 0 Å². The predicted octanol–water partition coefficient (Wildman–Crippen LogP) is 4.58. The van der Waals surface area contributed by atoms with E-state index in [0.717, 1.165) is 11.1 Å². The van der Waals surface area contributed by atoms with Gasteiger partial charge in [0.15, 0.2) is 21.3 Å². The normalized spacial score (nSPS) is 12.6. The maximum Gasteiger partial charge on any atom is 0.189 e. The van der Waals surface area contributed by atoms with E-state index in [0.29, 0.717) is 11.1 Å². The lowest BCUT2D eigenvalue weighted by Gasteiger charge is -2.21. The smallest absolute Gasteiger partial charge is 0.189 e. The van der Waals surface area contributed by atoms with Gasteiger partial charge in [-0.25, -0.2) is 8.42 Å². The first-order valence-electron chi connectivity index (χ1n) is 8.57. The van der Waals surface area contributed by atoms with Crippen LogP contribution in [0.25, 0.3) is 0 Å². The minimum atomic E-state index is -3.80. The van der Waals surface area contributed by atoms with Crippen LogP contribution in [0.2, 0.25) is 0 Å². The molecule has 0 heterocycles. The standard InChI is InChI=1S/C22H22O4S/c1-15-7-11-17(12-8-15)22(19-5-4-6-20(26-3)21(19)23)27(24,25)18-13-9-16(2)10-14-18/h4-14,22-23H,1-3H3. The van der Waals surface area contributed by atoms with E-state index in [4.69, 9.17) is 4.74 Å². The SMILES string of the molecule is COc1cccc(C(c2ccc(C)cc2)S(=O)(=O)c2ccc(C)cc2)c1O. The number of ether oxygens (including phenoxy) is 1. The highest BCUT2D eigenvalue weighted by atomic mass is 32.2. The fraction of sp³-hybridized carbons (Fsp3) is 0.182. The number of aromatic hydroxyl groups is 1. The van der Waals surface area contributed by atoms with Gasteiger partial charge < -0.3 is 9.84 Å². The molecule has 1 N–H and O–H groups in total. The van der Waals surface area contributed by atoms with Crippen LogP contribution >= 0.6 is 0 Å². The van der Waals surface area contributed by atoms with Crippen molar-refractivity contribution in [2.45, 2.75) is 24.0 Å². The number of para-hydroxylation sites is 1. The lowest BCUT2D eigenvalue weighted by Crippen LogP contribution is -2.16. The van der Waals surface area contributed by atoms with Crippen molar-refractivity contribution in [3.8, 4) is 11.5 Å². The Bertz CT molecular complexity index is 1040. The molecule has 5 heteroatoms. The summed E-state index contributed by atoms with van der Waals surface area (Å²) in [6.07, 6.45) is 0. The van der Waals surface area contributed by atoms with Crippen molar-refractivity contribution in [2.24, 2.45) is 0 Å². The molecule has 0 fully saturated rings. The van der Waals surface area contributed by atoms with E-state index >= 15 is 0 Å². The Balaban J connectivity index is 2.25. The molecule has 1 atom stereocenters. The third kappa shape index (κ3) is 3.69. The molecule has 3 aromatic carbocycles. The molecule has 1 unspecified atom stereocenters. The van der Waals surface area contributed by atoms with E-state index in [9.17, 15) is 13.5 Å². The second kappa shape index (κ2) is 7.45. The zero-order valence-electron chi connectivity index (χ0n) is 15.5. The molecule has 0 saturated carbocycles. The lowest BCUT2D eigenvalue weighted by atomic mass is 10.0. The van der Waals surface area contributed by atoms with Crippen LogP contribution in [0.5, 0.6) is 11.5 Å². The third-order valence-electron chi connectivity index (χ3n) is 4.57. The molecule has 0 aliphatic heterocycles. The molecule has 0 aliphatic carbocycles. The number of aryl methyl sites for hydroxylation is 2. The number of methoxy groups -OCH3 is 1. The fourth-order valence-corrected chi connectivity index (χ4v) is 4.87. The summed E-state index contributed by atoms with van der Waals surface area (Å²) in [5.41, 5.74) is 2.88. The van der Waals surface area contributed by atoms with E-state index in [-0.39, 0.29) is 16.4 Å². The highest BCUT2D eigenvalue weighted by Crippen LogP contribution is 2.42. The summed E-state index contributed by atoms with van der Waals surface area (Å²) < 4.78 is 32.2. The molecule has 0 aromatic heterocycles. The number of sulfone groups is 1. The average Bonchev–Trinajstić information content (AvgIpc) is 2.65. The highest BCUT2D eigenvalue weighted by molar-refractivity contribution is 7.92. The summed E-state index contributed by atoms with van der Waals surface area (Å²) in [5, 5.41) is 9.59. The lowest BCUT2D eigenvalue weighted by molar-refractivity contribution is 0.370. The van der Waals surface area contributed by atoms with Crippen molar-refractivity contribution in [3.63, 3.8) is 0 Å². The van der Waals surface area contributed by atoms with Crippen molar-refractivity contribution in [1.29, 1.82) is 0 Å². The Kier molecular flexibility index (Phi) is 5.24. The maximum atomic E-state index is 13.5. The Morgan fingerprint density at radius 1 is 0.852 bits per heavy atom. The van der Waals surface area contributed by atoms with Gasteiger partial charge in [-0.05, 0) is 37.6 Å². The van der Waals surface area contributed by atoms with Crippen molar-refractivity contribution in [2.75, 3.05) is 7.11 Å². The van der Waals surface area contributed by atoms with Gasteiger partial charge in [0.25, 0.3) is 0 Å². The first-order chi connectivity index (χ1) is 12.8. The number of benzene rings is 3. The summed E-state index contributed by atoms with van der Waals surface area (Å²) in [5.74, 6) is 0.0741. The minimum absolute atomic E-state index is 0.165. The van der Waals surface area contributed by atoms with Crippen LogP contribution < -0.4 is 4.74 Å². The van der Waals surface area contributed by atoms with Crippen molar-refractivity contribution >= 4 is 9.84 Å². The number of hydrogen-bond donors (Lipinski definition) is 1. The Labute approximate surface area is 160 Å². The second-order valence-corrected chi connectivity index (χ2v) is 8.58. The van der Waals surface area contributed by atoms with E-state index in [1.165, 1.54) is 7.11 Å². The molecule has 0 spiro atoms. The van der Waals surface area contributed by atoms with Crippen molar-refractivity contribution in [1.82, 2.24) is 0 Å². The molecular weight excluding hydrogens is 360 g/mol. The van der Waals surface area contributed by atoms with E-state index in [1.54, 1.807) is 54.6 Å². The second-order valence-electron chi connectivity index (χ2n) is 6.55. The minimum Gasteiger partial charge on any atom is -0.504 e. The van der Waals surface area contributed by atoms with Crippen LogP contribution in [0, 0.1) is 13.8 Å². The van der Waals surface area contributed by atoms with Gasteiger partial charge in [-0.2, -0.15) is 0 Å². The number of phenols is 1. The van der Waals surface area contributed by atoms with Gasteiger partial charge in [0.2, 0.25) is 0 Å². The summed E-state index contributed by atoms with van der Waals surface area (Å²) in [6.45, 7) is 3.85. The summed E-state index contributed by atoms with van der Waals surface area (Å²) in [7, 11) is -2.36. The number of phenolic OH excluding ortho intramolecular Hbond substituents is 1. The molecule has 3 rings (SSSR count). The van der Waals surface area contributed by atoms with Gasteiger partial charge in [0, 0.05) is 5.56 Å². The van der Waals surface area contributed by atoms with Crippen LogP contribution in [-0.2, 0) is 9.84 Å². The van der Waals surface area contributed by atoms with Gasteiger partial charge in [0.1, 0.15) is 5.25 Å². The molecule has 0 radical (unpaired) electrons. The Morgan fingerprint density at radius 2 is 1.41 bits per heavy atom. The predicted molar refractivity (Wildman–Crippen MR) is 106 cm³/mol. The fourth-order valence-electron chi connectivity index (χ4n) is 3.05. The van der Waals surface area contributed by atoms with E-state index < -0.39 is 15.1 Å². The number of rotatable bonds is 5. The van der Waals surface area contributed by atoms with Gasteiger partial charge in [-0.3, -0.25) is 0 Å². The van der Waals surface area contributed by atoms with Crippen LogP contribution in [0.4, 0.5) is 0 Å². The topological polar surface area (TPSA) is 63.6 Å². The molecule has 0 amide bonds. The molecule has 0 aliphatic rings. The average molecular weight is 382 g/mol. The number of hydrogen-bond acceptors (Lipinski definition) is 4. The first kappa shape index (κ1) is 19.0. The first-order valence-corrected chi connectivity index (χ1v) is 10.1. The molecule has 3 aromatic rings. The summed E-state index contributed by atoms with van der Waals surface area (Å²) in [6, 6.07) is 18.9. The quantitative estimate of drug-likeness (QED) is 0.701. The highest BCUT2D eigenvalue weighted by Gasteiger charge is 2.33. The van der Waals surface area contributed by atoms with Crippen LogP contribution in [0.15, 0.2) is 71.6 Å². The van der Waals surface area contributed by atoms with Crippen LogP contribution in [0.1, 0.15) is 27.5 Å². The van der Waals surface area contributed by atoms with Crippen LogP contribution in [-0.4, -0.2) is 20.6 Å². The molecule has 140 valence electrons. The Morgan fingerprint density at radius 3 is 1.96 bits per heavy atom. The third-order valence-corrected chi connectivity index (χ3v) is 6.65. The summed E-state index contributed by atoms with van der Waals surface area (Å²) >= 11 is 0. The molecular formula is C22H22O4S. The van der Waals surface area contributed by atoms with Gasteiger partial charge in [0.05, 0.1) is 12.0 Å². The van der Waals surface area contributed by atoms with Gasteiger partial charge in [-0.1, -0.05) is 59.7 Å². The zero-order chi connectivity index (χ0) is 19.6. The molecule has 0 saturated heterocycles. The molecule has 27 heavy (non-hydrogen) atoms.